The average molecular weight is 698 g/mol. The number of amides is 6. The minimum Gasteiger partial charge on any atom is -0.367 e. The molecule has 5 heterocycles. The van der Waals surface area contributed by atoms with Gasteiger partial charge in [-0.15, -0.1) is 0 Å². The summed E-state index contributed by atoms with van der Waals surface area (Å²) >= 11 is 0. The lowest BCUT2D eigenvalue weighted by molar-refractivity contribution is -0.136. The van der Waals surface area contributed by atoms with Crippen LogP contribution in [-0.2, 0) is 20.8 Å². The molecular weight excluding hydrogens is 664 g/mol. The minimum atomic E-state index is -1.13. The molecule has 2 aromatic carbocycles. The summed E-state index contributed by atoms with van der Waals surface area (Å²) in [5.74, 6) is -4.28. The monoisotopic (exact) mass is 697 g/mol. The predicted molar refractivity (Wildman–Crippen MR) is 180 cm³/mol. The number of nitrogens with one attached hydrogen (secondary N) is 4. The second-order valence-electron chi connectivity index (χ2n) is 13.4. The van der Waals surface area contributed by atoms with Gasteiger partial charge in [-0.3, -0.25) is 43.9 Å². The highest BCUT2D eigenvalue weighted by molar-refractivity contribution is 6.37. The number of imide groups is 2. The summed E-state index contributed by atoms with van der Waals surface area (Å²) in [6.45, 7) is 4.70. The molecule has 0 spiro atoms. The Labute approximate surface area is 290 Å². The zero-order valence-electron chi connectivity index (χ0n) is 27.6. The van der Waals surface area contributed by atoms with E-state index in [0.29, 0.717) is 80.2 Å². The second-order valence-corrected chi connectivity index (χ2v) is 13.4. The number of benzene rings is 2. The van der Waals surface area contributed by atoms with E-state index in [1.54, 1.807) is 11.0 Å². The molecule has 1 aromatic heterocycles. The lowest BCUT2D eigenvalue weighted by Gasteiger charge is -2.36. The van der Waals surface area contributed by atoms with Crippen LogP contribution in [0.1, 0.15) is 72.9 Å². The van der Waals surface area contributed by atoms with E-state index in [1.165, 1.54) is 18.2 Å². The van der Waals surface area contributed by atoms with Crippen molar-refractivity contribution < 1.29 is 37.5 Å². The maximum atomic E-state index is 15.3. The first kappa shape index (κ1) is 32.5. The van der Waals surface area contributed by atoms with Crippen molar-refractivity contribution in [2.45, 2.75) is 38.6 Å². The SMILES string of the molecule is Cc1[nH]c2c(c1C(=O)NCCN1CCN(c3cc4c(cc3F)C(=O)N(C3CCC(=O)NC3=O)C4=O)CC1)CC/C2=C1/C(=O)Nc2ccc(F)cc21. The lowest BCUT2D eigenvalue weighted by Crippen LogP contribution is -2.54. The van der Waals surface area contributed by atoms with Gasteiger partial charge in [0, 0.05) is 68.3 Å². The molecule has 4 N–H and O–H groups in total. The largest absolute Gasteiger partial charge is 0.367 e. The third kappa shape index (κ3) is 5.39. The smallest absolute Gasteiger partial charge is 0.262 e. The molecule has 6 amide bonds. The first-order valence-electron chi connectivity index (χ1n) is 16.9. The topological polar surface area (TPSA) is 164 Å². The number of aromatic nitrogens is 1. The van der Waals surface area contributed by atoms with Crippen molar-refractivity contribution >= 4 is 58.0 Å². The second kappa shape index (κ2) is 12.3. The molecule has 0 radical (unpaired) electrons. The number of carbonyl (C=O) groups is 6. The van der Waals surface area contributed by atoms with Crippen molar-refractivity contribution in [1.29, 1.82) is 0 Å². The van der Waals surface area contributed by atoms with Crippen LogP contribution in [-0.4, -0.2) is 95.5 Å². The van der Waals surface area contributed by atoms with Gasteiger partial charge < -0.3 is 20.5 Å². The van der Waals surface area contributed by atoms with Gasteiger partial charge in [-0.2, -0.15) is 0 Å². The van der Waals surface area contributed by atoms with Crippen molar-refractivity contribution in [1.82, 2.24) is 25.4 Å². The number of aromatic amines is 1. The molecule has 262 valence electrons. The van der Waals surface area contributed by atoms with Crippen molar-refractivity contribution in [3.05, 3.63) is 81.2 Å². The molecule has 51 heavy (non-hydrogen) atoms. The van der Waals surface area contributed by atoms with Crippen molar-refractivity contribution in [3.63, 3.8) is 0 Å². The molecule has 15 heteroatoms. The van der Waals surface area contributed by atoms with E-state index in [9.17, 15) is 33.2 Å². The molecule has 8 rings (SSSR count). The van der Waals surface area contributed by atoms with Gasteiger partial charge in [-0.05, 0) is 67.7 Å². The molecule has 4 aliphatic heterocycles. The van der Waals surface area contributed by atoms with Crippen LogP contribution in [0.3, 0.4) is 0 Å². The van der Waals surface area contributed by atoms with E-state index in [2.05, 4.69) is 25.8 Å². The maximum absolute atomic E-state index is 15.3. The Bertz CT molecular complexity index is 2130. The highest BCUT2D eigenvalue weighted by Gasteiger charge is 2.45. The Morgan fingerprint density at radius 1 is 0.902 bits per heavy atom. The summed E-state index contributed by atoms with van der Waals surface area (Å²) < 4.78 is 29.4. The maximum Gasteiger partial charge on any atom is 0.262 e. The molecule has 13 nitrogen and oxygen atoms in total. The van der Waals surface area contributed by atoms with Gasteiger partial charge in [0.1, 0.15) is 17.7 Å². The molecule has 0 saturated carbocycles. The van der Waals surface area contributed by atoms with Gasteiger partial charge in [0.05, 0.1) is 28.0 Å². The molecule has 1 atom stereocenters. The van der Waals surface area contributed by atoms with Crippen LogP contribution < -0.4 is 20.9 Å². The number of aryl methyl sites for hydroxylation is 1. The van der Waals surface area contributed by atoms with Gasteiger partial charge in [0.25, 0.3) is 23.6 Å². The van der Waals surface area contributed by atoms with Gasteiger partial charge >= 0.3 is 0 Å². The summed E-state index contributed by atoms with van der Waals surface area (Å²) in [5.41, 5.74) is 5.12. The Morgan fingerprint density at radius 2 is 1.65 bits per heavy atom. The fourth-order valence-electron chi connectivity index (χ4n) is 7.91. The fraction of sp³-hybridized carbons (Fsp3) is 0.333. The molecule has 0 bridgehead atoms. The number of H-pyrrole nitrogens is 1. The molecular formula is C36H33F2N7O6. The number of anilines is 2. The number of carbonyl (C=O) groups excluding carboxylic acids is 6. The van der Waals surface area contributed by atoms with Gasteiger partial charge in [0.2, 0.25) is 11.8 Å². The van der Waals surface area contributed by atoms with Gasteiger partial charge in [-0.25, -0.2) is 8.78 Å². The summed E-state index contributed by atoms with van der Waals surface area (Å²) in [7, 11) is 0. The van der Waals surface area contributed by atoms with Crippen LogP contribution in [0, 0.1) is 18.6 Å². The molecule has 1 unspecified atom stereocenters. The Hall–Kier alpha value is -5.70. The first-order chi connectivity index (χ1) is 24.5. The summed E-state index contributed by atoms with van der Waals surface area (Å²) in [4.78, 5) is 84.5. The van der Waals surface area contributed by atoms with Crippen LogP contribution in [0.25, 0.3) is 11.1 Å². The molecule has 2 saturated heterocycles. The molecule has 3 aromatic rings. The van der Waals surface area contributed by atoms with Crippen LogP contribution in [0.15, 0.2) is 30.3 Å². The van der Waals surface area contributed by atoms with Crippen LogP contribution in [0.4, 0.5) is 20.2 Å². The third-order valence-corrected chi connectivity index (χ3v) is 10.4. The van der Waals surface area contributed by atoms with Crippen molar-refractivity contribution in [2.75, 3.05) is 49.5 Å². The van der Waals surface area contributed by atoms with Crippen LogP contribution in [0.2, 0.25) is 0 Å². The zero-order chi connectivity index (χ0) is 35.7. The van der Waals surface area contributed by atoms with E-state index >= 15 is 4.39 Å². The van der Waals surface area contributed by atoms with Crippen LogP contribution >= 0.6 is 0 Å². The Morgan fingerprint density at radius 3 is 2.39 bits per heavy atom. The standard InChI is InChI=1S/C36H33F2N7O6/c1-17-29(19-3-4-20(31(19)40-17)30-23-14-18(37)2-5-25(23)41-34(30)49)33(48)39-8-9-43-10-12-44(13-11-43)27-16-22-21(15-24(27)38)35(50)45(36(22)51)26-6-7-28(46)42-32(26)47/h2,5,14-16,26,40H,3-4,6-13H2,1H3,(H,39,48)(H,41,49)(H,42,46,47)/b30-20-. The van der Waals surface area contributed by atoms with Crippen molar-refractivity contribution in [2.24, 2.45) is 0 Å². The number of nitrogens with zero attached hydrogens (tertiary/aromatic N) is 3. The van der Waals surface area contributed by atoms with E-state index in [4.69, 9.17) is 0 Å². The van der Waals surface area contributed by atoms with E-state index in [0.717, 1.165) is 27.8 Å². The van der Waals surface area contributed by atoms with Gasteiger partial charge in [-0.1, -0.05) is 0 Å². The normalized spacial score (nSPS) is 21.5. The summed E-state index contributed by atoms with van der Waals surface area (Å²) in [6.07, 6.45) is 1.11. The summed E-state index contributed by atoms with van der Waals surface area (Å²) in [6, 6.07) is 5.47. The van der Waals surface area contributed by atoms with Crippen LogP contribution in [0.5, 0.6) is 0 Å². The van der Waals surface area contributed by atoms with E-state index in [-0.39, 0.29) is 41.5 Å². The lowest BCUT2D eigenvalue weighted by atomic mass is 9.99. The number of piperidine rings is 1. The average Bonchev–Trinajstić information content (AvgIpc) is 3.80. The molecule has 2 fully saturated rings. The van der Waals surface area contributed by atoms with Gasteiger partial charge in [0.15, 0.2) is 0 Å². The molecule has 1 aliphatic carbocycles. The first-order valence-corrected chi connectivity index (χ1v) is 16.9. The minimum absolute atomic E-state index is 0.00843. The summed E-state index contributed by atoms with van der Waals surface area (Å²) in [5, 5.41) is 7.95. The number of hydrogen-bond acceptors (Lipinski definition) is 8. The quantitative estimate of drug-likeness (QED) is 0.225. The highest BCUT2D eigenvalue weighted by Crippen LogP contribution is 2.44. The fourth-order valence-corrected chi connectivity index (χ4v) is 7.91. The predicted octanol–water partition coefficient (Wildman–Crippen LogP) is 2.36. The molecule has 5 aliphatic rings. The highest BCUT2D eigenvalue weighted by atomic mass is 19.1. The Balaban J connectivity index is 0.888. The van der Waals surface area contributed by atoms with E-state index in [1.807, 2.05) is 6.92 Å². The number of halogens is 2. The zero-order valence-corrected chi connectivity index (χ0v) is 27.6. The number of rotatable bonds is 6. The van der Waals surface area contributed by atoms with Crippen molar-refractivity contribution in [3.8, 4) is 0 Å². The third-order valence-electron chi connectivity index (χ3n) is 10.4. The number of hydrogen-bond donors (Lipinski definition) is 4. The van der Waals surface area contributed by atoms with E-state index < -0.39 is 41.3 Å². The number of allylic oxidation sites excluding steroid dienone is 1. The Kier molecular flexibility index (Phi) is 7.81. The number of piperazine rings is 1. The number of fused-ring (bicyclic) bond motifs is 3.